The molecule has 0 radical (unpaired) electrons. The molecule has 1 saturated carbocycles. The molecular weight excluding hydrogens is 480 g/mol. The summed E-state index contributed by atoms with van der Waals surface area (Å²) in [6.07, 6.45) is 4.92. The monoisotopic (exact) mass is 508 g/mol. The average Bonchev–Trinajstić information content (AvgIpc) is 3.22. The van der Waals surface area contributed by atoms with Crippen LogP contribution in [0.5, 0.6) is 11.5 Å². The lowest BCUT2D eigenvalue weighted by Crippen LogP contribution is -2.21. The zero-order valence-corrected chi connectivity index (χ0v) is 21.1. The molecular formula is C30H28N4O4. The lowest BCUT2D eigenvalue weighted by molar-refractivity contribution is -0.136. The van der Waals surface area contributed by atoms with Crippen LogP contribution in [-0.4, -0.2) is 33.0 Å². The molecule has 192 valence electrons. The number of aliphatic carboxylic acids is 1. The van der Waals surface area contributed by atoms with E-state index >= 15 is 0 Å². The average molecular weight is 509 g/mol. The Morgan fingerprint density at radius 3 is 2.63 bits per heavy atom. The second-order valence-electron chi connectivity index (χ2n) is 9.61. The maximum Gasteiger partial charge on any atom is 0.307 e. The molecule has 0 atom stereocenters. The summed E-state index contributed by atoms with van der Waals surface area (Å²) in [6, 6.07) is 19.6. The zero-order valence-electron chi connectivity index (χ0n) is 21.1. The number of fused-ring (bicyclic) bond motifs is 2. The minimum Gasteiger partial charge on any atom is -0.496 e. The number of carbonyl (C=O) groups is 1. The molecule has 8 heteroatoms. The summed E-state index contributed by atoms with van der Waals surface area (Å²) >= 11 is 0. The number of para-hydroxylation sites is 1. The van der Waals surface area contributed by atoms with E-state index in [0.29, 0.717) is 23.2 Å². The van der Waals surface area contributed by atoms with Gasteiger partial charge in [0.1, 0.15) is 23.9 Å². The van der Waals surface area contributed by atoms with Crippen molar-refractivity contribution in [3.63, 3.8) is 0 Å². The quantitative estimate of drug-likeness (QED) is 0.273. The molecule has 5 aromatic rings. The van der Waals surface area contributed by atoms with Crippen molar-refractivity contribution in [2.24, 2.45) is 0 Å². The standard InChI is InChI=1S/C30H28N4O4/c1-37-28-16-25-24(15-23(28)20-9-5-10-22-21(20)12-13-32-30(22)31)26(34(33-25)19-7-4-8-19)17-38-27-11-3-2-6-18(27)14-29(35)36/h2-3,5-6,9-13,15-16,19H,4,7-8,14,17H2,1H3,(H2,31,32)(H,35,36). The van der Waals surface area contributed by atoms with Gasteiger partial charge >= 0.3 is 5.97 Å². The van der Waals surface area contributed by atoms with Crippen LogP contribution in [0.4, 0.5) is 5.82 Å². The summed E-state index contributed by atoms with van der Waals surface area (Å²) in [7, 11) is 1.66. The summed E-state index contributed by atoms with van der Waals surface area (Å²) in [6.45, 7) is 0.266. The molecule has 0 amide bonds. The number of hydrogen-bond acceptors (Lipinski definition) is 6. The number of nitrogen functional groups attached to an aromatic ring is 1. The van der Waals surface area contributed by atoms with Gasteiger partial charge < -0.3 is 20.3 Å². The Hall–Kier alpha value is -4.59. The van der Waals surface area contributed by atoms with E-state index in [1.807, 2.05) is 42.5 Å². The summed E-state index contributed by atoms with van der Waals surface area (Å²) in [5.74, 6) is 0.873. The molecule has 1 aliphatic carbocycles. The molecule has 0 aliphatic heterocycles. The van der Waals surface area contributed by atoms with Gasteiger partial charge in [-0.2, -0.15) is 5.10 Å². The lowest BCUT2D eigenvalue weighted by Gasteiger charge is -2.27. The topological polar surface area (TPSA) is 112 Å². The van der Waals surface area contributed by atoms with Crippen molar-refractivity contribution < 1.29 is 19.4 Å². The van der Waals surface area contributed by atoms with E-state index in [0.717, 1.165) is 57.1 Å². The predicted octanol–water partition coefficient (Wildman–Crippen LogP) is 5.77. The molecule has 3 N–H and O–H groups in total. The van der Waals surface area contributed by atoms with Crippen molar-refractivity contribution in [2.75, 3.05) is 12.8 Å². The van der Waals surface area contributed by atoms with Gasteiger partial charge in [-0.1, -0.05) is 36.4 Å². The van der Waals surface area contributed by atoms with Crippen LogP contribution in [0.3, 0.4) is 0 Å². The SMILES string of the molecule is COc1cc2nn(C3CCC3)c(COc3ccccc3CC(=O)O)c2cc1-c1cccc2c(N)nccc12. The van der Waals surface area contributed by atoms with Crippen LogP contribution < -0.4 is 15.2 Å². The first-order valence-corrected chi connectivity index (χ1v) is 12.7. The Kier molecular flexibility index (Phi) is 6.07. The second kappa shape index (κ2) is 9.70. The molecule has 2 heterocycles. The number of aromatic nitrogens is 3. The van der Waals surface area contributed by atoms with Crippen molar-refractivity contribution in [2.45, 2.75) is 38.3 Å². The fourth-order valence-corrected chi connectivity index (χ4v) is 5.20. The number of carboxylic acids is 1. The summed E-state index contributed by atoms with van der Waals surface area (Å²) in [5.41, 5.74) is 10.5. The van der Waals surface area contributed by atoms with Gasteiger partial charge in [0.25, 0.3) is 0 Å². The van der Waals surface area contributed by atoms with E-state index in [1.54, 1.807) is 19.4 Å². The molecule has 3 aromatic carbocycles. The van der Waals surface area contributed by atoms with Crippen molar-refractivity contribution in [3.8, 4) is 22.6 Å². The van der Waals surface area contributed by atoms with E-state index in [4.69, 9.17) is 20.3 Å². The highest BCUT2D eigenvalue weighted by Crippen LogP contribution is 2.41. The lowest BCUT2D eigenvalue weighted by atomic mass is 9.93. The Balaban J connectivity index is 1.49. The van der Waals surface area contributed by atoms with Gasteiger partial charge in [-0.3, -0.25) is 9.48 Å². The van der Waals surface area contributed by atoms with Gasteiger partial charge in [0.05, 0.1) is 30.8 Å². The molecule has 0 bridgehead atoms. The van der Waals surface area contributed by atoms with Crippen molar-refractivity contribution in [1.29, 1.82) is 0 Å². The van der Waals surface area contributed by atoms with Gasteiger partial charge in [0.2, 0.25) is 0 Å². The second-order valence-corrected chi connectivity index (χ2v) is 9.61. The summed E-state index contributed by atoms with van der Waals surface area (Å²) in [5, 5.41) is 17.1. The number of rotatable bonds is 8. The van der Waals surface area contributed by atoms with Gasteiger partial charge in [-0.15, -0.1) is 0 Å². The van der Waals surface area contributed by atoms with Crippen LogP contribution in [-0.2, 0) is 17.8 Å². The van der Waals surface area contributed by atoms with Crippen LogP contribution in [0.15, 0.2) is 66.9 Å². The first-order valence-electron chi connectivity index (χ1n) is 12.7. The molecule has 1 aliphatic rings. The number of methoxy groups -OCH3 is 1. The maximum atomic E-state index is 11.4. The highest BCUT2D eigenvalue weighted by Gasteiger charge is 2.26. The first kappa shape index (κ1) is 23.8. The van der Waals surface area contributed by atoms with Crippen LogP contribution in [0.25, 0.3) is 32.8 Å². The fourth-order valence-electron chi connectivity index (χ4n) is 5.20. The fraction of sp³-hybridized carbons (Fsp3) is 0.233. The Morgan fingerprint density at radius 1 is 1.03 bits per heavy atom. The van der Waals surface area contributed by atoms with E-state index in [1.165, 1.54) is 6.42 Å². The maximum absolute atomic E-state index is 11.4. The number of anilines is 1. The van der Waals surface area contributed by atoms with E-state index in [9.17, 15) is 9.90 Å². The van der Waals surface area contributed by atoms with Gasteiger partial charge in [0.15, 0.2) is 0 Å². The third-order valence-corrected chi connectivity index (χ3v) is 7.35. The molecule has 6 rings (SSSR count). The number of hydrogen-bond donors (Lipinski definition) is 2. The van der Waals surface area contributed by atoms with Gasteiger partial charge in [-0.25, -0.2) is 4.98 Å². The molecule has 8 nitrogen and oxygen atoms in total. The zero-order chi connectivity index (χ0) is 26.2. The molecule has 38 heavy (non-hydrogen) atoms. The van der Waals surface area contributed by atoms with Gasteiger partial charge in [0, 0.05) is 34.2 Å². The third kappa shape index (κ3) is 4.18. The number of nitrogens with zero attached hydrogens (tertiary/aromatic N) is 3. The number of pyridine rings is 1. The first-order chi connectivity index (χ1) is 18.5. The van der Waals surface area contributed by atoms with Crippen LogP contribution in [0.2, 0.25) is 0 Å². The normalized spacial score (nSPS) is 13.5. The minimum absolute atomic E-state index is 0.0980. The highest BCUT2D eigenvalue weighted by molar-refractivity contribution is 6.04. The Bertz CT molecular complexity index is 1670. The number of benzene rings is 3. The molecule has 0 spiro atoms. The summed E-state index contributed by atoms with van der Waals surface area (Å²) < 4.78 is 14.2. The Morgan fingerprint density at radius 2 is 1.87 bits per heavy atom. The third-order valence-electron chi connectivity index (χ3n) is 7.35. The summed E-state index contributed by atoms with van der Waals surface area (Å²) in [4.78, 5) is 15.6. The van der Waals surface area contributed by atoms with Crippen molar-refractivity contribution in [1.82, 2.24) is 14.8 Å². The van der Waals surface area contributed by atoms with E-state index in [2.05, 4.69) is 21.8 Å². The molecule has 0 unspecified atom stereocenters. The van der Waals surface area contributed by atoms with Crippen LogP contribution in [0.1, 0.15) is 36.6 Å². The van der Waals surface area contributed by atoms with E-state index in [-0.39, 0.29) is 13.0 Å². The minimum atomic E-state index is -0.895. The van der Waals surface area contributed by atoms with Gasteiger partial charge in [-0.05, 0) is 48.4 Å². The van der Waals surface area contributed by atoms with Crippen LogP contribution in [0, 0.1) is 0 Å². The number of nitrogens with two attached hydrogens (primary N) is 1. The number of ether oxygens (including phenoxy) is 2. The van der Waals surface area contributed by atoms with Crippen molar-refractivity contribution in [3.05, 3.63) is 78.1 Å². The molecule has 2 aromatic heterocycles. The largest absolute Gasteiger partial charge is 0.496 e. The predicted molar refractivity (Wildman–Crippen MR) is 146 cm³/mol. The van der Waals surface area contributed by atoms with E-state index < -0.39 is 5.97 Å². The number of carboxylic acid groups (broad SMARTS) is 1. The molecule has 0 saturated heterocycles. The highest BCUT2D eigenvalue weighted by atomic mass is 16.5. The molecule has 1 fully saturated rings. The Labute approximate surface area is 219 Å². The van der Waals surface area contributed by atoms with Crippen LogP contribution >= 0.6 is 0 Å². The van der Waals surface area contributed by atoms with Crippen molar-refractivity contribution >= 4 is 33.5 Å². The smallest absolute Gasteiger partial charge is 0.307 e.